The van der Waals surface area contributed by atoms with Crippen LogP contribution in [0.1, 0.15) is 29.4 Å². The molecule has 3 rings (SSSR count). The van der Waals surface area contributed by atoms with E-state index in [0.29, 0.717) is 24.9 Å². The lowest BCUT2D eigenvalue weighted by Gasteiger charge is -2.31. The molecule has 2 aliphatic rings. The zero-order chi connectivity index (χ0) is 15.0. The van der Waals surface area contributed by atoms with Gasteiger partial charge in [0.25, 0.3) is 5.91 Å². The summed E-state index contributed by atoms with van der Waals surface area (Å²) in [5.74, 6) is -0.504. The number of methoxy groups -OCH3 is 1. The molecule has 0 spiro atoms. The van der Waals surface area contributed by atoms with Gasteiger partial charge in [-0.3, -0.25) is 4.79 Å². The van der Waals surface area contributed by atoms with Crippen molar-refractivity contribution in [2.24, 2.45) is 0 Å². The standard InChI is InChI=1S/C14H17BrN2O4/c1-20-14(19)12-8-16(4-5-21-12)13(18)11-6-9(15)7-17(11)10-2-3-10/h6-7,10,12H,2-5,8H2,1H3. The Labute approximate surface area is 131 Å². The number of rotatable bonds is 3. The third-order valence-electron chi connectivity index (χ3n) is 3.79. The summed E-state index contributed by atoms with van der Waals surface area (Å²) in [6, 6.07) is 2.26. The maximum Gasteiger partial charge on any atom is 0.336 e. The number of hydrogen-bond acceptors (Lipinski definition) is 4. The van der Waals surface area contributed by atoms with Gasteiger partial charge in [-0.1, -0.05) is 0 Å². The fourth-order valence-electron chi connectivity index (χ4n) is 2.54. The number of halogens is 1. The molecule has 2 fully saturated rings. The molecule has 1 unspecified atom stereocenters. The van der Waals surface area contributed by atoms with E-state index in [0.717, 1.165) is 17.3 Å². The molecule has 0 radical (unpaired) electrons. The lowest BCUT2D eigenvalue weighted by atomic mass is 10.2. The second-order valence-electron chi connectivity index (χ2n) is 5.32. The van der Waals surface area contributed by atoms with Gasteiger partial charge in [0.2, 0.25) is 0 Å². The molecule has 0 N–H and O–H groups in total. The van der Waals surface area contributed by atoms with E-state index in [-0.39, 0.29) is 12.5 Å². The lowest BCUT2D eigenvalue weighted by Crippen LogP contribution is -2.49. The van der Waals surface area contributed by atoms with Gasteiger partial charge in [-0.2, -0.15) is 0 Å². The van der Waals surface area contributed by atoms with Crippen molar-refractivity contribution in [2.45, 2.75) is 25.0 Å². The molecule has 1 aromatic rings. The highest BCUT2D eigenvalue weighted by molar-refractivity contribution is 9.10. The highest BCUT2D eigenvalue weighted by atomic mass is 79.9. The van der Waals surface area contributed by atoms with Crippen LogP contribution in [0.4, 0.5) is 0 Å². The van der Waals surface area contributed by atoms with E-state index in [1.807, 2.05) is 16.8 Å². The van der Waals surface area contributed by atoms with Gasteiger partial charge in [0.05, 0.1) is 20.3 Å². The van der Waals surface area contributed by atoms with Gasteiger partial charge in [0.1, 0.15) is 5.69 Å². The van der Waals surface area contributed by atoms with Crippen LogP contribution in [-0.2, 0) is 14.3 Å². The highest BCUT2D eigenvalue weighted by Crippen LogP contribution is 2.37. The Hall–Kier alpha value is -1.34. The van der Waals surface area contributed by atoms with Crippen molar-refractivity contribution < 1.29 is 19.1 Å². The Morgan fingerprint density at radius 1 is 1.43 bits per heavy atom. The zero-order valence-corrected chi connectivity index (χ0v) is 13.3. The summed E-state index contributed by atoms with van der Waals surface area (Å²) in [6.07, 6.45) is 3.47. The van der Waals surface area contributed by atoms with Crippen molar-refractivity contribution in [1.82, 2.24) is 9.47 Å². The second kappa shape index (κ2) is 5.81. The second-order valence-corrected chi connectivity index (χ2v) is 6.23. The van der Waals surface area contributed by atoms with Gasteiger partial charge in [0.15, 0.2) is 6.10 Å². The zero-order valence-electron chi connectivity index (χ0n) is 11.8. The molecule has 21 heavy (non-hydrogen) atoms. The minimum absolute atomic E-state index is 0.0650. The summed E-state index contributed by atoms with van der Waals surface area (Å²) in [7, 11) is 1.32. The fourth-order valence-corrected chi connectivity index (χ4v) is 2.98. The predicted octanol–water partition coefficient (Wildman–Crippen LogP) is 1.60. The molecule has 0 bridgehead atoms. The summed E-state index contributed by atoms with van der Waals surface area (Å²) in [5, 5.41) is 0. The number of carbonyl (C=O) groups excluding carboxylic acids is 2. The average molecular weight is 357 g/mol. The molecule has 1 aromatic heterocycles. The smallest absolute Gasteiger partial charge is 0.336 e. The van der Waals surface area contributed by atoms with Crippen LogP contribution in [-0.4, -0.2) is 54.3 Å². The maximum atomic E-state index is 12.7. The maximum absolute atomic E-state index is 12.7. The molecular formula is C14H17BrN2O4. The number of hydrogen-bond donors (Lipinski definition) is 0. The Bertz CT molecular complexity index is 567. The van der Waals surface area contributed by atoms with Gasteiger partial charge in [0, 0.05) is 23.3 Å². The number of amides is 1. The molecule has 7 heteroatoms. The van der Waals surface area contributed by atoms with Crippen molar-refractivity contribution in [2.75, 3.05) is 26.8 Å². The summed E-state index contributed by atoms with van der Waals surface area (Å²) < 4.78 is 13.0. The van der Waals surface area contributed by atoms with Gasteiger partial charge in [-0.25, -0.2) is 4.79 Å². The number of ether oxygens (including phenoxy) is 2. The van der Waals surface area contributed by atoms with Crippen LogP contribution in [0, 0.1) is 0 Å². The minimum atomic E-state index is -0.694. The number of carbonyl (C=O) groups is 2. The van der Waals surface area contributed by atoms with E-state index in [9.17, 15) is 9.59 Å². The molecule has 0 aromatic carbocycles. The summed E-state index contributed by atoms with van der Waals surface area (Å²) in [4.78, 5) is 25.9. The first-order valence-corrected chi connectivity index (χ1v) is 7.75. The van der Waals surface area contributed by atoms with Crippen molar-refractivity contribution >= 4 is 27.8 Å². The van der Waals surface area contributed by atoms with E-state index >= 15 is 0 Å². The van der Waals surface area contributed by atoms with Crippen LogP contribution in [0.2, 0.25) is 0 Å². The van der Waals surface area contributed by atoms with E-state index in [2.05, 4.69) is 20.7 Å². The summed E-state index contributed by atoms with van der Waals surface area (Å²) in [5.41, 5.74) is 0.662. The highest BCUT2D eigenvalue weighted by Gasteiger charge is 2.33. The molecule has 114 valence electrons. The third kappa shape index (κ3) is 2.98. The minimum Gasteiger partial charge on any atom is -0.467 e. The van der Waals surface area contributed by atoms with E-state index in [4.69, 9.17) is 4.74 Å². The molecule has 6 nitrogen and oxygen atoms in total. The molecule has 1 saturated heterocycles. The van der Waals surface area contributed by atoms with Crippen molar-refractivity contribution in [3.05, 3.63) is 22.4 Å². The Kier molecular flexibility index (Phi) is 4.03. The Morgan fingerprint density at radius 2 is 2.19 bits per heavy atom. The van der Waals surface area contributed by atoms with Crippen LogP contribution in [0.3, 0.4) is 0 Å². The first-order valence-electron chi connectivity index (χ1n) is 6.96. The molecule has 2 heterocycles. The predicted molar refractivity (Wildman–Crippen MR) is 78.1 cm³/mol. The SMILES string of the molecule is COC(=O)C1CN(C(=O)c2cc(Br)cn2C2CC2)CCO1. The molecule has 1 saturated carbocycles. The Balaban J connectivity index is 1.77. The normalized spacial score (nSPS) is 22.2. The van der Waals surface area contributed by atoms with Crippen LogP contribution in [0.5, 0.6) is 0 Å². The molecule has 1 aliphatic carbocycles. The van der Waals surface area contributed by atoms with Crippen LogP contribution >= 0.6 is 15.9 Å². The fraction of sp³-hybridized carbons (Fsp3) is 0.571. The quantitative estimate of drug-likeness (QED) is 0.771. The molecular weight excluding hydrogens is 340 g/mol. The number of aromatic nitrogens is 1. The van der Waals surface area contributed by atoms with Gasteiger partial charge < -0.3 is 18.9 Å². The number of nitrogens with zero attached hydrogens (tertiary/aromatic N) is 2. The van der Waals surface area contributed by atoms with Gasteiger partial charge in [-0.05, 0) is 34.8 Å². The Morgan fingerprint density at radius 3 is 2.86 bits per heavy atom. The first-order chi connectivity index (χ1) is 10.1. The molecule has 1 aliphatic heterocycles. The summed E-state index contributed by atoms with van der Waals surface area (Å²) in [6.45, 7) is 1.07. The lowest BCUT2D eigenvalue weighted by molar-refractivity contribution is -0.158. The third-order valence-corrected chi connectivity index (χ3v) is 4.23. The van der Waals surface area contributed by atoms with Crippen molar-refractivity contribution in [3.8, 4) is 0 Å². The van der Waals surface area contributed by atoms with E-state index in [1.165, 1.54) is 7.11 Å². The van der Waals surface area contributed by atoms with Gasteiger partial charge >= 0.3 is 5.97 Å². The van der Waals surface area contributed by atoms with E-state index in [1.54, 1.807) is 4.90 Å². The van der Waals surface area contributed by atoms with Crippen LogP contribution in [0.25, 0.3) is 0 Å². The van der Waals surface area contributed by atoms with Gasteiger partial charge in [-0.15, -0.1) is 0 Å². The molecule has 1 amide bonds. The van der Waals surface area contributed by atoms with Crippen molar-refractivity contribution in [3.63, 3.8) is 0 Å². The van der Waals surface area contributed by atoms with Crippen molar-refractivity contribution in [1.29, 1.82) is 0 Å². The number of esters is 1. The topological polar surface area (TPSA) is 60.8 Å². The monoisotopic (exact) mass is 356 g/mol. The average Bonchev–Trinajstić information content (AvgIpc) is 3.28. The first kappa shape index (κ1) is 14.6. The summed E-state index contributed by atoms with van der Waals surface area (Å²) >= 11 is 3.43. The molecule has 1 atom stereocenters. The van der Waals surface area contributed by atoms with Crippen LogP contribution < -0.4 is 0 Å². The number of morpholine rings is 1. The van der Waals surface area contributed by atoms with E-state index < -0.39 is 12.1 Å². The van der Waals surface area contributed by atoms with Crippen LogP contribution in [0.15, 0.2) is 16.7 Å². The largest absolute Gasteiger partial charge is 0.467 e.